The molecule has 2 N–H and O–H groups in total. The second-order valence-corrected chi connectivity index (χ2v) is 8.29. The number of aromatic carboxylic acids is 1. The van der Waals surface area contributed by atoms with Crippen LogP contribution in [-0.4, -0.2) is 19.5 Å². The zero-order chi connectivity index (χ0) is 15.8. The minimum absolute atomic E-state index is 0.0224. The Labute approximate surface area is 134 Å². The van der Waals surface area contributed by atoms with Crippen LogP contribution in [0, 0.1) is 13.8 Å². The number of carboxylic acid groups (broad SMARTS) is 1. The number of carbonyl (C=O) groups is 1. The lowest BCUT2D eigenvalue weighted by Crippen LogP contribution is -2.12. The van der Waals surface area contributed by atoms with E-state index >= 15 is 0 Å². The highest BCUT2D eigenvalue weighted by molar-refractivity contribution is 9.10. The summed E-state index contributed by atoms with van der Waals surface area (Å²) in [7, 11) is -3.81. The van der Waals surface area contributed by atoms with Gasteiger partial charge in [-0.15, -0.1) is 11.3 Å². The monoisotopic (exact) mass is 389 g/mol. The number of aryl methyl sites for hydroxylation is 2. The number of benzene rings is 1. The number of carboxylic acids is 1. The summed E-state index contributed by atoms with van der Waals surface area (Å²) in [4.78, 5) is 11.0. The van der Waals surface area contributed by atoms with Crippen molar-refractivity contribution in [3.05, 3.63) is 44.7 Å². The topological polar surface area (TPSA) is 83.5 Å². The van der Waals surface area contributed by atoms with Crippen LogP contribution < -0.4 is 4.72 Å². The van der Waals surface area contributed by atoms with Crippen molar-refractivity contribution in [3.8, 4) is 0 Å². The van der Waals surface area contributed by atoms with Gasteiger partial charge in [-0.3, -0.25) is 4.72 Å². The van der Waals surface area contributed by atoms with E-state index in [1.165, 1.54) is 6.07 Å². The number of sulfonamides is 1. The fourth-order valence-corrected chi connectivity index (χ4v) is 4.64. The predicted octanol–water partition coefficient (Wildman–Crippen LogP) is 3.63. The molecular weight excluding hydrogens is 378 g/mol. The molecule has 8 heteroatoms. The smallest absolute Gasteiger partial charge is 0.346 e. The van der Waals surface area contributed by atoms with Gasteiger partial charge in [-0.1, -0.05) is 6.07 Å². The van der Waals surface area contributed by atoms with Crippen LogP contribution in [-0.2, 0) is 10.0 Å². The van der Waals surface area contributed by atoms with Gasteiger partial charge in [0.15, 0.2) is 0 Å². The molecule has 5 nitrogen and oxygen atoms in total. The van der Waals surface area contributed by atoms with Crippen molar-refractivity contribution >= 4 is 48.9 Å². The average molecular weight is 390 g/mol. The zero-order valence-electron chi connectivity index (χ0n) is 11.2. The lowest BCUT2D eigenvalue weighted by atomic mass is 10.2. The van der Waals surface area contributed by atoms with Gasteiger partial charge < -0.3 is 5.11 Å². The van der Waals surface area contributed by atoms with Crippen molar-refractivity contribution in [2.75, 3.05) is 4.72 Å². The lowest BCUT2D eigenvalue weighted by molar-refractivity contribution is 0.0701. The summed E-state index contributed by atoms with van der Waals surface area (Å²) in [6, 6.07) is 6.65. The van der Waals surface area contributed by atoms with E-state index in [9.17, 15) is 13.2 Å². The lowest BCUT2D eigenvalue weighted by Gasteiger charge is -2.09. The largest absolute Gasteiger partial charge is 0.477 e. The molecule has 0 bridgehead atoms. The Bertz CT molecular complexity index is 812. The third-order valence-electron chi connectivity index (χ3n) is 2.72. The quantitative estimate of drug-likeness (QED) is 0.835. The summed E-state index contributed by atoms with van der Waals surface area (Å²) in [6.45, 7) is 3.42. The van der Waals surface area contributed by atoms with E-state index in [0.717, 1.165) is 16.9 Å². The Kier molecular flexibility index (Phi) is 4.40. The highest BCUT2D eigenvalue weighted by Crippen LogP contribution is 2.30. The number of thiophene rings is 1. The summed E-state index contributed by atoms with van der Waals surface area (Å²) in [5.41, 5.74) is 1.75. The van der Waals surface area contributed by atoms with Gasteiger partial charge in [-0.2, -0.15) is 0 Å². The van der Waals surface area contributed by atoms with Crippen molar-refractivity contribution < 1.29 is 18.3 Å². The van der Waals surface area contributed by atoms with Gasteiger partial charge in [-0.25, -0.2) is 13.2 Å². The van der Waals surface area contributed by atoms with Gasteiger partial charge in [0, 0.05) is 4.47 Å². The van der Waals surface area contributed by atoms with Crippen LogP contribution in [0.3, 0.4) is 0 Å². The van der Waals surface area contributed by atoms with Crippen molar-refractivity contribution in [2.24, 2.45) is 0 Å². The Morgan fingerprint density at radius 2 is 1.95 bits per heavy atom. The molecule has 1 aromatic heterocycles. The summed E-state index contributed by atoms with van der Waals surface area (Å²) in [5, 5.41) is 9.00. The van der Waals surface area contributed by atoms with Crippen LogP contribution in [0.15, 0.2) is 32.9 Å². The first-order valence-corrected chi connectivity index (χ1v) is 8.92. The Morgan fingerprint density at radius 1 is 1.29 bits per heavy atom. The number of nitrogens with one attached hydrogen (secondary N) is 1. The van der Waals surface area contributed by atoms with Crippen LogP contribution in [0.4, 0.5) is 5.69 Å². The number of hydrogen-bond donors (Lipinski definition) is 2. The molecule has 0 aliphatic heterocycles. The third-order valence-corrected chi connectivity index (χ3v) is 6.48. The maximum absolute atomic E-state index is 12.3. The van der Waals surface area contributed by atoms with Crippen molar-refractivity contribution in [2.45, 2.75) is 18.1 Å². The average Bonchev–Trinajstić information content (AvgIpc) is 2.77. The van der Waals surface area contributed by atoms with Crippen LogP contribution in [0.25, 0.3) is 0 Å². The van der Waals surface area contributed by atoms with E-state index in [1.54, 1.807) is 19.1 Å². The van der Waals surface area contributed by atoms with Crippen molar-refractivity contribution in [3.63, 3.8) is 0 Å². The Balaban J connectivity index is 2.41. The molecule has 0 saturated heterocycles. The number of hydrogen-bond acceptors (Lipinski definition) is 4. The second-order valence-electron chi connectivity index (χ2n) is 4.47. The minimum atomic E-state index is -3.81. The zero-order valence-corrected chi connectivity index (χ0v) is 14.4. The van der Waals surface area contributed by atoms with E-state index in [-0.39, 0.29) is 9.09 Å². The second kappa shape index (κ2) is 5.78. The summed E-state index contributed by atoms with van der Waals surface area (Å²) in [6.07, 6.45) is 0. The van der Waals surface area contributed by atoms with Gasteiger partial charge >= 0.3 is 5.97 Å². The van der Waals surface area contributed by atoms with Gasteiger partial charge in [0.05, 0.1) is 5.69 Å². The highest BCUT2D eigenvalue weighted by atomic mass is 79.9. The molecule has 0 radical (unpaired) electrons. The molecule has 2 aromatic rings. The third kappa shape index (κ3) is 3.45. The van der Waals surface area contributed by atoms with Crippen LogP contribution in [0.5, 0.6) is 0 Å². The van der Waals surface area contributed by atoms with Crippen LogP contribution in [0.1, 0.15) is 20.8 Å². The predicted molar refractivity (Wildman–Crippen MR) is 85.7 cm³/mol. The molecule has 1 heterocycles. The first kappa shape index (κ1) is 16.0. The summed E-state index contributed by atoms with van der Waals surface area (Å²) in [5.74, 6) is -1.13. The Hall–Kier alpha value is -1.38. The molecule has 0 aliphatic carbocycles. The first-order chi connectivity index (χ1) is 9.70. The molecule has 1 aromatic carbocycles. The molecule has 112 valence electrons. The van der Waals surface area contributed by atoms with E-state index < -0.39 is 16.0 Å². The van der Waals surface area contributed by atoms with Crippen molar-refractivity contribution in [1.82, 2.24) is 0 Å². The van der Waals surface area contributed by atoms with Crippen LogP contribution in [0.2, 0.25) is 0 Å². The van der Waals surface area contributed by atoms with Gasteiger partial charge in [0.2, 0.25) is 0 Å². The fourth-order valence-electron chi connectivity index (χ4n) is 1.71. The minimum Gasteiger partial charge on any atom is -0.477 e. The maximum Gasteiger partial charge on any atom is 0.346 e. The molecule has 0 aliphatic rings. The maximum atomic E-state index is 12.3. The van der Waals surface area contributed by atoms with E-state index in [2.05, 4.69) is 20.7 Å². The molecule has 0 fully saturated rings. The molecule has 0 saturated carbocycles. The summed E-state index contributed by atoms with van der Waals surface area (Å²) < 4.78 is 27.7. The molecule has 0 unspecified atom stereocenters. The normalized spacial score (nSPS) is 11.4. The SMILES string of the molecule is Cc1ccc(Br)c(NS(=O)(=O)c2cc(C)c(C(=O)O)s2)c1. The summed E-state index contributed by atoms with van der Waals surface area (Å²) >= 11 is 4.02. The van der Waals surface area contributed by atoms with Crippen molar-refractivity contribution in [1.29, 1.82) is 0 Å². The Morgan fingerprint density at radius 3 is 2.52 bits per heavy atom. The first-order valence-electron chi connectivity index (χ1n) is 5.83. The number of rotatable bonds is 4. The highest BCUT2D eigenvalue weighted by Gasteiger charge is 2.22. The number of halogens is 1. The molecule has 0 spiro atoms. The molecule has 0 amide bonds. The van der Waals surface area contributed by atoms with Gasteiger partial charge in [0.25, 0.3) is 10.0 Å². The fraction of sp³-hybridized carbons (Fsp3) is 0.154. The van der Waals surface area contributed by atoms with E-state index in [0.29, 0.717) is 15.7 Å². The van der Waals surface area contributed by atoms with E-state index in [1.807, 2.05) is 13.0 Å². The van der Waals surface area contributed by atoms with Gasteiger partial charge in [-0.05, 0) is 59.1 Å². The molecule has 21 heavy (non-hydrogen) atoms. The molecule has 2 rings (SSSR count). The molecular formula is C13H12BrNO4S2. The van der Waals surface area contributed by atoms with Crippen LogP contribution >= 0.6 is 27.3 Å². The molecule has 0 atom stereocenters. The van der Waals surface area contributed by atoms with Gasteiger partial charge in [0.1, 0.15) is 9.09 Å². The van der Waals surface area contributed by atoms with E-state index in [4.69, 9.17) is 5.11 Å². The number of anilines is 1. The standard InChI is InChI=1S/C13H12BrNO4S2/c1-7-3-4-9(14)10(5-7)15-21(18,19)11-6-8(2)12(20-11)13(16)17/h3-6,15H,1-2H3,(H,16,17).